The second-order valence-electron chi connectivity index (χ2n) is 8.35. The molecule has 1 aliphatic heterocycles. The molecule has 34 heavy (non-hydrogen) atoms. The van der Waals surface area contributed by atoms with E-state index in [4.69, 9.17) is 9.47 Å². The van der Waals surface area contributed by atoms with Gasteiger partial charge in [0.15, 0.2) is 6.23 Å². The summed E-state index contributed by atoms with van der Waals surface area (Å²) in [7, 11) is -3.99. The quantitative estimate of drug-likeness (QED) is 0.440. The summed E-state index contributed by atoms with van der Waals surface area (Å²) in [5.41, 5.74) is 2.67. The zero-order valence-corrected chi connectivity index (χ0v) is 20.1. The molecule has 0 unspecified atom stereocenters. The third-order valence-electron chi connectivity index (χ3n) is 5.93. The van der Waals surface area contributed by atoms with E-state index >= 15 is 0 Å². The maximum absolute atomic E-state index is 14.0. The van der Waals surface area contributed by atoms with E-state index in [-0.39, 0.29) is 17.9 Å². The van der Waals surface area contributed by atoms with Gasteiger partial charge in [-0.3, -0.25) is 4.79 Å². The van der Waals surface area contributed by atoms with Crippen LogP contribution in [0.1, 0.15) is 36.3 Å². The highest BCUT2D eigenvalue weighted by atomic mass is 32.2. The van der Waals surface area contributed by atoms with Crippen molar-refractivity contribution >= 4 is 16.0 Å². The van der Waals surface area contributed by atoms with E-state index in [1.807, 2.05) is 67.6 Å². The Morgan fingerprint density at radius 1 is 0.941 bits per heavy atom. The number of benzene rings is 3. The molecule has 0 aromatic heterocycles. The molecule has 3 atom stereocenters. The first kappa shape index (κ1) is 24.1. The normalized spacial score (nSPS) is 20.8. The van der Waals surface area contributed by atoms with Crippen molar-refractivity contribution in [2.24, 2.45) is 0 Å². The van der Waals surface area contributed by atoms with Gasteiger partial charge >= 0.3 is 5.97 Å². The first-order valence-electron chi connectivity index (χ1n) is 11.4. The molecule has 4 rings (SSSR count). The van der Waals surface area contributed by atoms with Crippen LogP contribution in [0.5, 0.6) is 0 Å². The minimum atomic E-state index is -3.99. The molecule has 0 amide bonds. The van der Waals surface area contributed by atoms with Gasteiger partial charge in [0.25, 0.3) is 0 Å². The number of carbonyl (C=O) groups is 1. The highest BCUT2D eigenvalue weighted by Crippen LogP contribution is 2.41. The molecule has 1 heterocycles. The lowest BCUT2D eigenvalue weighted by molar-refractivity contribution is -0.144. The van der Waals surface area contributed by atoms with Crippen LogP contribution < -0.4 is 0 Å². The molecule has 1 saturated heterocycles. The first-order chi connectivity index (χ1) is 16.4. The summed E-state index contributed by atoms with van der Waals surface area (Å²) in [4.78, 5) is 12.8. The number of ether oxygens (including phenoxy) is 2. The van der Waals surface area contributed by atoms with Gasteiger partial charge in [-0.2, -0.15) is 4.31 Å². The van der Waals surface area contributed by atoms with Gasteiger partial charge in [-0.15, -0.1) is 0 Å². The van der Waals surface area contributed by atoms with Gasteiger partial charge < -0.3 is 9.47 Å². The topological polar surface area (TPSA) is 72.9 Å². The lowest BCUT2D eigenvalue weighted by atomic mass is 10.0. The minimum Gasteiger partial charge on any atom is -0.466 e. The molecule has 1 aliphatic rings. The lowest BCUT2D eigenvalue weighted by Gasteiger charge is -2.28. The van der Waals surface area contributed by atoms with Crippen LogP contribution in [0.3, 0.4) is 0 Å². The van der Waals surface area contributed by atoms with Crippen LogP contribution in [-0.4, -0.2) is 37.4 Å². The zero-order valence-electron chi connectivity index (χ0n) is 19.3. The fraction of sp³-hybridized carbons (Fsp3) is 0.296. The summed E-state index contributed by atoms with van der Waals surface area (Å²) in [6.45, 7) is 3.86. The zero-order chi connectivity index (χ0) is 24.1. The van der Waals surface area contributed by atoms with Gasteiger partial charge in [0.2, 0.25) is 10.0 Å². The van der Waals surface area contributed by atoms with E-state index in [1.165, 1.54) is 4.31 Å². The van der Waals surface area contributed by atoms with Crippen LogP contribution >= 0.6 is 0 Å². The van der Waals surface area contributed by atoms with E-state index in [2.05, 4.69) is 0 Å². The molecule has 3 aromatic carbocycles. The molecule has 0 spiro atoms. The monoisotopic (exact) mass is 479 g/mol. The molecular weight excluding hydrogens is 450 g/mol. The second-order valence-corrected chi connectivity index (χ2v) is 10.2. The summed E-state index contributed by atoms with van der Waals surface area (Å²) in [6, 6.07) is 25.0. The number of hydrogen-bond acceptors (Lipinski definition) is 5. The Bertz CT molecular complexity index is 1200. The minimum absolute atomic E-state index is 0.0975. The predicted molar refractivity (Wildman–Crippen MR) is 129 cm³/mol. The second kappa shape index (κ2) is 10.5. The van der Waals surface area contributed by atoms with Gasteiger partial charge in [-0.05, 0) is 37.1 Å². The molecule has 0 bridgehead atoms. The van der Waals surface area contributed by atoms with Crippen molar-refractivity contribution < 1.29 is 22.7 Å². The van der Waals surface area contributed by atoms with E-state index in [9.17, 15) is 13.2 Å². The van der Waals surface area contributed by atoms with Crippen LogP contribution in [-0.2, 0) is 30.7 Å². The fourth-order valence-corrected chi connectivity index (χ4v) is 5.99. The third kappa shape index (κ3) is 5.22. The third-order valence-corrected chi connectivity index (χ3v) is 7.82. The molecule has 7 heteroatoms. The van der Waals surface area contributed by atoms with Crippen LogP contribution in [0.25, 0.3) is 0 Å². The van der Waals surface area contributed by atoms with Crippen molar-refractivity contribution in [1.29, 1.82) is 0 Å². The van der Waals surface area contributed by atoms with E-state index in [1.54, 1.807) is 31.2 Å². The van der Waals surface area contributed by atoms with Crippen molar-refractivity contribution in [3.8, 4) is 0 Å². The van der Waals surface area contributed by atoms with Crippen LogP contribution in [0.4, 0.5) is 0 Å². The fourth-order valence-electron chi connectivity index (χ4n) is 4.28. The number of aryl methyl sites for hydroxylation is 1. The molecular formula is C27H29NO5S. The number of esters is 1. The standard InChI is InChI=1S/C27H29NO5S/c1-3-32-26(29)19-24-25(18-21-10-6-4-7-11-21)33-27(22-12-8-5-9-13-22)28(24)34(30,31)23-16-14-20(2)15-17-23/h4-17,24-25,27H,3,18-19H2,1-2H3/t24-,25-,27-/m1/s1. The summed E-state index contributed by atoms with van der Waals surface area (Å²) >= 11 is 0. The van der Waals surface area contributed by atoms with Crippen molar-refractivity contribution in [3.63, 3.8) is 0 Å². The van der Waals surface area contributed by atoms with Gasteiger partial charge in [-0.25, -0.2) is 8.42 Å². The smallest absolute Gasteiger partial charge is 0.307 e. The molecule has 6 nitrogen and oxygen atoms in total. The van der Waals surface area contributed by atoms with Gasteiger partial charge in [0.1, 0.15) is 0 Å². The molecule has 3 aromatic rings. The Morgan fingerprint density at radius 3 is 2.18 bits per heavy atom. The highest BCUT2D eigenvalue weighted by Gasteiger charge is 2.50. The molecule has 178 valence electrons. The van der Waals surface area contributed by atoms with Gasteiger partial charge in [0.05, 0.1) is 30.1 Å². The predicted octanol–water partition coefficient (Wildman–Crippen LogP) is 4.65. The van der Waals surface area contributed by atoms with E-state index in [0.29, 0.717) is 12.0 Å². The Morgan fingerprint density at radius 2 is 1.56 bits per heavy atom. The summed E-state index contributed by atoms with van der Waals surface area (Å²) < 4.78 is 40.9. The molecule has 0 radical (unpaired) electrons. The van der Waals surface area contributed by atoms with Crippen LogP contribution in [0.15, 0.2) is 89.8 Å². The average molecular weight is 480 g/mol. The lowest BCUT2D eigenvalue weighted by Crippen LogP contribution is -2.42. The highest BCUT2D eigenvalue weighted by molar-refractivity contribution is 7.89. The van der Waals surface area contributed by atoms with Crippen LogP contribution in [0, 0.1) is 6.92 Å². The Hall–Kier alpha value is -3.00. The van der Waals surface area contributed by atoms with Gasteiger partial charge in [0, 0.05) is 6.42 Å². The Balaban J connectivity index is 1.80. The number of hydrogen-bond donors (Lipinski definition) is 0. The first-order valence-corrected chi connectivity index (χ1v) is 12.8. The number of nitrogens with zero attached hydrogens (tertiary/aromatic N) is 1. The average Bonchev–Trinajstić information content (AvgIpc) is 3.19. The summed E-state index contributed by atoms with van der Waals surface area (Å²) in [5.74, 6) is -0.452. The number of carbonyl (C=O) groups excluding carboxylic acids is 1. The molecule has 1 fully saturated rings. The Labute approximate surface area is 201 Å². The maximum atomic E-state index is 14.0. The molecule has 0 saturated carbocycles. The van der Waals surface area contributed by atoms with Crippen LogP contribution in [0.2, 0.25) is 0 Å². The SMILES string of the molecule is CCOC(=O)C[C@@H]1[C@@H](Cc2ccccc2)O[C@H](c2ccccc2)N1S(=O)(=O)c1ccc(C)cc1. The molecule has 0 aliphatic carbocycles. The Kier molecular flexibility index (Phi) is 7.46. The van der Waals surface area contributed by atoms with Gasteiger partial charge in [-0.1, -0.05) is 78.4 Å². The van der Waals surface area contributed by atoms with Crippen molar-refractivity contribution in [2.75, 3.05) is 6.61 Å². The molecule has 0 N–H and O–H groups in total. The van der Waals surface area contributed by atoms with Crippen molar-refractivity contribution in [3.05, 3.63) is 102 Å². The van der Waals surface area contributed by atoms with Crippen molar-refractivity contribution in [1.82, 2.24) is 4.31 Å². The summed E-state index contributed by atoms with van der Waals surface area (Å²) in [5, 5.41) is 0. The van der Waals surface area contributed by atoms with Crippen molar-refractivity contribution in [2.45, 2.75) is 50.0 Å². The number of sulfonamides is 1. The maximum Gasteiger partial charge on any atom is 0.307 e. The number of rotatable bonds is 8. The van der Waals surface area contributed by atoms with E-state index in [0.717, 1.165) is 11.1 Å². The summed E-state index contributed by atoms with van der Waals surface area (Å²) in [6.07, 6.45) is -1.02. The largest absolute Gasteiger partial charge is 0.466 e. The van der Waals surface area contributed by atoms with E-state index < -0.39 is 34.4 Å².